The van der Waals surface area contributed by atoms with Gasteiger partial charge in [0.15, 0.2) is 0 Å². The van der Waals surface area contributed by atoms with Gasteiger partial charge in [-0.05, 0) is 84.8 Å². The molecule has 1 aliphatic rings. The van der Waals surface area contributed by atoms with Crippen molar-refractivity contribution in [2.75, 3.05) is 25.5 Å². The Balaban J connectivity index is 1.18. The molecule has 232 valence electrons. The Hall–Kier alpha value is -4.20. The zero-order valence-electron chi connectivity index (χ0n) is 25.7. The number of imidazole rings is 1. The van der Waals surface area contributed by atoms with Crippen LogP contribution >= 0.6 is 11.6 Å². The summed E-state index contributed by atoms with van der Waals surface area (Å²) < 4.78 is 13.4. The second-order valence-corrected chi connectivity index (χ2v) is 12.4. The van der Waals surface area contributed by atoms with Gasteiger partial charge in [-0.25, -0.2) is 9.37 Å². The number of aromatic nitrogens is 2. The monoisotopic (exact) mass is 623 g/mol. The van der Waals surface area contributed by atoms with Crippen molar-refractivity contribution in [3.63, 3.8) is 0 Å². The van der Waals surface area contributed by atoms with E-state index in [1.807, 2.05) is 84.7 Å². The van der Waals surface area contributed by atoms with Gasteiger partial charge in [0.1, 0.15) is 5.82 Å². The molecule has 2 unspecified atom stereocenters. The van der Waals surface area contributed by atoms with E-state index in [2.05, 4.69) is 34.3 Å². The molecule has 1 aromatic heterocycles. The van der Waals surface area contributed by atoms with Gasteiger partial charge in [-0.3, -0.25) is 9.69 Å². The molecule has 0 aliphatic carbocycles. The molecule has 6 rings (SSSR count). The van der Waals surface area contributed by atoms with E-state index in [9.17, 15) is 9.18 Å². The van der Waals surface area contributed by atoms with Crippen molar-refractivity contribution in [2.45, 2.75) is 50.7 Å². The molecule has 1 aliphatic heterocycles. The predicted molar refractivity (Wildman–Crippen MR) is 180 cm³/mol. The van der Waals surface area contributed by atoms with Gasteiger partial charge >= 0.3 is 0 Å². The molecule has 0 radical (unpaired) electrons. The van der Waals surface area contributed by atoms with Gasteiger partial charge in [0.05, 0.1) is 17.2 Å². The summed E-state index contributed by atoms with van der Waals surface area (Å²) in [5, 5.41) is 4.35. The van der Waals surface area contributed by atoms with Crippen molar-refractivity contribution in [3.05, 3.63) is 130 Å². The number of benzene rings is 4. The third-order valence-electron chi connectivity index (χ3n) is 8.96. The van der Waals surface area contributed by atoms with E-state index in [1.165, 1.54) is 12.1 Å². The molecular weight excluding hydrogens is 585 g/mol. The largest absolute Gasteiger partial charge is 0.353 e. The van der Waals surface area contributed by atoms with Crippen LogP contribution in [0.4, 0.5) is 10.3 Å². The number of amides is 1. The maximum Gasteiger partial charge on any atom is 0.254 e. The fourth-order valence-corrected chi connectivity index (χ4v) is 6.85. The average molecular weight is 624 g/mol. The molecule has 6 nitrogen and oxygen atoms in total. The summed E-state index contributed by atoms with van der Waals surface area (Å²) >= 11 is 6.43. The number of piperidine rings is 1. The molecule has 2 N–H and O–H groups in total. The third-order valence-corrected chi connectivity index (χ3v) is 9.20. The molecule has 4 aromatic carbocycles. The number of carbonyl (C=O) groups excluding carboxylic acids is 1. The number of rotatable bonds is 10. The number of halogens is 2. The Labute approximate surface area is 269 Å². The Kier molecular flexibility index (Phi) is 9.47. The Bertz CT molecular complexity index is 1730. The highest BCUT2D eigenvalue weighted by atomic mass is 35.5. The lowest BCUT2D eigenvalue weighted by atomic mass is 9.90. The van der Waals surface area contributed by atoms with Gasteiger partial charge in [0.25, 0.3) is 5.91 Å². The minimum Gasteiger partial charge on any atom is -0.353 e. The predicted octanol–water partition coefficient (Wildman–Crippen LogP) is 8.11. The fraction of sp³-hybridized carbons (Fsp3) is 0.297. The summed E-state index contributed by atoms with van der Waals surface area (Å²) in [6, 6.07) is 30.6. The van der Waals surface area contributed by atoms with Crippen molar-refractivity contribution < 1.29 is 9.18 Å². The van der Waals surface area contributed by atoms with Crippen molar-refractivity contribution >= 4 is 34.5 Å². The van der Waals surface area contributed by atoms with Crippen LogP contribution in [-0.2, 0) is 6.42 Å². The average Bonchev–Trinajstić information content (AvgIpc) is 3.48. The van der Waals surface area contributed by atoms with Crippen LogP contribution in [0.15, 0.2) is 97.1 Å². The molecule has 45 heavy (non-hydrogen) atoms. The number of anilines is 1. The van der Waals surface area contributed by atoms with Crippen molar-refractivity contribution in [1.82, 2.24) is 19.8 Å². The summed E-state index contributed by atoms with van der Waals surface area (Å²) in [7, 11) is 1.93. The summed E-state index contributed by atoms with van der Waals surface area (Å²) in [5.74, 6) is 0.638. The maximum absolute atomic E-state index is 13.7. The van der Waals surface area contributed by atoms with E-state index in [-0.39, 0.29) is 29.8 Å². The smallest absolute Gasteiger partial charge is 0.254 e. The van der Waals surface area contributed by atoms with E-state index < -0.39 is 0 Å². The topological polar surface area (TPSA) is 64.3 Å². The van der Waals surface area contributed by atoms with E-state index in [0.29, 0.717) is 17.0 Å². The van der Waals surface area contributed by atoms with Gasteiger partial charge in [-0.1, -0.05) is 73.1 Å². The lowest BCUT2D eigenvalue weighted by Gasteiger charge is -2.45. The first-order valence-electron chi connectivity index (χ1n) is 15.7. The quantitative estimate of drug-likeness (QED) is 0.165. The molecule has 2 atom stereocenters. The van der Waals surface area contributed by atoms with Crippen LogP contribution < -0.4 is 5.32 Å². The van der Waals surface area contributed by atoms with Crippen LogP contribution in [0.1, 0.15) is 59.2 Å². The Morgan fingerprint density at radius 2 is 1.76 bits per heavy atom. The van der Waals surface area contributed by atoms with Gasteiger partial charge in [0.2, 0.25) is 5.95 Å². The van der Waals surface area contributed by atoms with E-state index >= 15 is 0 Å². The molecule has 0 spiro atoms. The van der Waals surface area contributed by atoms with E-state index in [4.69, 9.17) is 16.6 Å². The molecule has 8 heteroatoms. The lowest BCUT2D eigenvalue weighted by Crippen LogP contribution is -2.55. The minimum atomic E-state index is -0.232. The highest BCUT2D eigenvalue weighted by Crippen LogP contribution is 2.33. The molecular formula is C37H39ClFN5O. The number of H-pyrrole nitrogens is 1. The SMILES string of the molecule is CCC(c1cccc(Cl)c1)C(N1CCC(Nc2nc3c(Cc4ccc(F)cc4)cccc3[nH]2)CC1)N(C)C(=O)c1ccccc1. The van der Waals surface area contributed by atoms with Crippen LogP contribution in [-0.4, -0.2) is 58.0 Å². The number of carbonyl (C=O) groups is 1. The Morgan fingerprint density at radius 3 is 2.47 bits per heavy atom. The van der Waals surface area contributed by atoms with Crippen LogP contribution in [0, 0.1) is 5.82 Å². The first-order valence-corrected chi connectivity index (χ1v) is 16.1. The number of aromatic amines is 1. The normalized spacial score (nSPS) is 15.6. The third kappa shape index (κ3) is 7.05. The molecule has 1 saturated heterocycles. The number of hydrogen-bond acceptors (Lipinski definition) is 4. The Morgan fingerprint density at radius 1 is 1.02 bits per heavy atom. The number of likely N-dealkylation sites (tertiary alicyclic amines) is 1. The minimum absolute atomic E-state index is 0.0139. The van der Waals surface area contributed by atoms with Crippen LogP contribution in [0.3, 0.4) is 0 Å². The van der Waals surface area contributed by atoms with Crippen molar-refractivity contribution in [3.8, 4) is 0 Å². The number of nitrogens with zero attached hydrogens (tertiary/aromatic N) is 3. The molecule has 1 amide bonds. The van der Waals surface area contributed by atoms with Crippen LogP contribution in [0.25, 0.3) is 11.0 Å². The maximum atomic E-state index is 13.7. The van der Waals surface area contributed by atoms with Gasteiger partial charge < -0.3 is 15.2 Å². The number of nitrogens with one attached hydrogen (secondary N) is 2. The number of para-hydroxylation sites is 1. The summed E-state index contributed by atoms with van der Waals surface area (Å²) in [6.07, 6.45) is 3.25. The molecule has 2 heterocycles. The van der Waals surface area contributed by atoms with Gasteiger partial charge in [-0.2, -0.15) is 0 Å². The van der Waals surface area contributed by atoms with Gasteiger partial charge in [-0.15, -0.1) is 0 Å². The number of likely N-dealkylation sites (N-methyl/N-ethyl adjacent to an activating group) is 1. The summed E-state index contributed by atoms with van der Waals surface area (Å²) in [6.45, 7) is 3.85. The van der Waals surface area contributed by atoms with E-state index in [0.717, 1.165) is 66.0 Å². The van der Waals surface area contributed by atoms with Crippen molar-refractivity contribution in [2.24, 2.45) is 0 Å². The number of hydrogen-bond donors (Lipinski definition) is 2. The number of fused-ring (bicyclic) bond motifs is 1. The zero-order chi connectivity index (χ0) is 31.3. The molecule has 1 fully saturated rings. The molecule has 5 aromatic rings. The fourth-order valence-electron chi connectivity index (χ4n) is 6.66. The van der Waals surface area contributed by atoms with Crippen molar-refractivity contribution in [1.29, 1.82) is 0 Å². The van der Waals surface area contributed by atoms with E-state index in [1.54, 1.807) is 0 Å². The lowest BCUT2D eigenvalue weighted by molar-refractivity contribution is 0.0201. The second-order valence-electron chi connectivity index (χ2n) is 11.9. The highest BCUT2D eigenvalue weighted by Gasteiger charge is 2.36. The van der Waals surface area contributed by atoms with Gasteiger partial charge in [0, 0.05) is 42.7 Å². The summed E-state index contributed by atoms with van der Waals surface area (Å²) in [5.41, 5.74) is 5.87. The second kappa shape index (κ2) is 13.8. The highest BCUT2D eigenvalue weighted by molar-refractivity contribution is 6.30. The van der Waals surface area contributed by atoms with Crippen LogP contribution in [0.2, 0.25) is 5.02 Å². The first kappa shape index (κ1) is 30.8. The molecule has 0 bridgehead atoms. The summed E-state index contributed by atoms with van der Waals surface area (Å²) in [4.78, 5) is 26.5. The zero-order valence-corrected chi connectivity index (χ0v) is 26.5. The van der Waals surface area contributed by atoms with Crippen LogP contribution in [0.5, 0.6) is 0 Å². The standard InChI is InChI=1S/C37H39ClFN5O/c1-3-32(27-11-7-13-29(38)24-27)35(43(2)36(45)26-9-5-4-6-10-26)44-21-19-31(20-22-44)40-37-41-33-14-8-12-28(34(33)42-37)23-25-15-17-30(39)18-16-25/h4-18,24,31-32,35H,3,19-23H2,1-2H3,(H2,40,41,42). The first-order chi connectivity index (χ1) is 21.9. The molecule has 0 saturated carbocycles.